The van der Waals surface area contributed by atoms with Gasteiger partial charge in [-0.1, -0.05) is 49.7 Å². The molecule has 2 aromatic carbocycles. The molecule has 3 nitrogen and oxygen atoms in total. The number of amides is 1. The number of hydrogen-bond donors (Lipinski definition) is 0. The summed E-state index contributed by atoms with van der Waals surface area (Å²) in [7, 11) is 0. The fourth-order valence-corrected chi connectivity index (χ4v) is 5.17. The van der Waals surface area contributed by atoms with E-state index < -0.39 is 11.6 Å². The highest BCUT2D eigenvalue weighted by Crippen LogP contribution is 2.40. The molecule has 1 aliphatic rings. The summed E-state index contributed by atoms with van der Waals surface area (Å²) in [6, 6.07) is 11.4. The van der Waals surface area contributed by atoms with Gasteiger partial charge >= 0.3 is 0 Å². The van der Waals surface area contributed by atoms with Crippen LogP contribution in [0, 0.1) is 17.6 Å². The number of carbonyl (C=O) groups excluding carboxylic acids is 1. The maximum Gasteiger partial charge on any atom is 0.237 e. The summed E-state index contributed by atoms with van der Waals surface area (Å²) in [5.74, 6) is -0.149. The first kappa shape index (κ1) is 22.1. The van der Waals surface area contributed by atoms with Gasteiger partial charge in [-0.2, -0.15) is 0 Å². The zero-order chi connectivity index (χ0) is 21.0. The summed E-state index contributed by atoms with van der Waals surface area (Å²) in [5.41, 5.74) is 0.917. The second-order valence-electron chi connectivity index (χ2n) is 7.60. The molecule has 1 fully saturated rings. The Morgan fingerprint density at radius 3 is 2.55 bits per heavy atom. The van der Waals surface area contributed by atoms with E-state index in [1.54, 1.807) is 11.8 Å². The predicted molar refractivity (Wildman–Crippen MR) is 115 cm³/mol. The third-order valence-electron chi connectivity index (χ3n) is 4.81. The van der Waals surface area contributed by atoms with Crippen molar-refractivity contribution < 1.29 is 13.6 Å². The summed E-state index contributed by atoms with van der Waals surface area (Å²) in [6.45, 7) is 5.40. The monoisotopic (exact) mass is 438 g/mol. The number of carbonyl (C=O) groups is 1. The second-order valence-corrected chi connectivity index (χ2v) is 9.19. The molecule has 0 N–H and O–H groups in total. The minimum atomic E-state index is -0.586. The Hall–Kier alpha value is -1.63. The lowest BCUT2D eigenvalue weighted by Crippen LogP contribution is -2.41. The van der Waals surface area contributed by atoms with E-state index in [1.165, 1.54) is 18.2 Å². The molecule has 0 saturated carbocycles. The van der Waals surface area contributed by atoms with Gasteiger partial charge in [-0.25, -0.2) is 8.78 Å². The molecule has 0 aromatic heterocycles. The SMILES string of the molecule is CC(C)CN(CC(=O)N1CCSC1c1ccccc1Cl)Cc1c(F)cccc1F. The molecule has 0 bridgehead atoms. The molecule has 1 saturated heterocycles. The molecule has 1 amide bonds. The summed E-state index contributed by atoms with van der Waals surface area (Å²) in [6.07, 6.45) is 0. The standard InChI is InChI=1S/C22H25ClF2N2OS/c1-15(2)12-26(13-17-19(24)8-5-9-20(17)25)14-21(28)27-10-11-29-22(27)16-6-3-4-7-18(16)23/h3-9,15,22H,10-14H2,1-2H3. The molecule has 0 radical (unpaired) electrons. The third kappa shape index (κ3) is 5.50. The van der Waals surface area contributed by atoms with Crippen molar-refractivity contribution in [1.29, 1.82) is 0 Å². The lowest BCUT2D eigenvalue weighted by molar-refractivity contribution is -0.132. The van der Waals surface area contributed by atoms with E-state index in [2.05, 4.69) is 0 Å². The number of thioether (sulfide) groups is 1. The minimum absolute atomic E-state index is 0.000555. The van der Waals surface area contributed by atoms with Crippen molar-refractivity contribution in [1.82, 2.24) is 9.80 Å². The van der Waals surface area contributed by atoms with Crippen LogP contribution < -0.4 is 0 Å². The van der Waals surface area contributed by atoms with E-state index in [-0.39, 0.29) is 35.9 Å². The van der Waals surface area contributed by atoms with E-state index in [9.17, 15) is 13.6 Å². The van der Waals surface area contributed by atoms with Crippen molar-refractivity contribution in [2.24, 2.45) is 5.92 Å². The Balaban J connectivity index is 1.76. The van der Waals surface area contributed by atoms with Crippen molar-refractivity contribution in [3.8, 4) is 0 Å². The highest BCUT2D eigenvalue weighted by molar-refractivity contribution is 7.99. The quantitative estimate of drug-likeness (QED) is 0.582. The van der Waals surface area contributed by atoms with E-state index in [0.717, 1.165) is 11.3 Å². The number of benzene rings is 2. The van der Waals surface area contributed by atoms with Gasteiger partial charge in [0.05, 0.1) is 6.54 Å². The van der Waals surface area contributed by atoms with Gasteiger partial charge in [-0.05, 0) is 24.1 Å². The predicted octanol–water partition coefficient (Wildman–Crippen LogP) is 5.35. The molecule has 1 heterocycles. The molecule has 1 aliphatic heterocycles. The van der Waals surface area contributed by atoms with Gasteiger partial charge in [0.1, 0.15) is 17.0 Å². The van der Waals surface area contributed by atoms with Crippen LogP contribution in [0.1, 0.15) is 30.3 Å². The summed E-state index contributed by atoms with van der Waals surface area (Å²) >= 11 is 8.02. The Morgan fingerprint density at radius 1 is 1.21 bits per heavy atom. The summed E-state index contributed by atoms with van der Waals surface area (Å²) in [4.78, 5) is 16.8. The first-order valence-corrected chi connectivity index (χ1v) is 11.1. The Labute approximate surface area is 180 Å². The van der Waals surface area contributed by atoms with Gasteiger partial charge in [0.15, 0.2) is 0 Å². The lowest BCUT2D eigenvalue weighted by Gasteiger charge is -2.29. The van der Waals surface area contributed by atoms with E-state index in [0.29, 0.717) is 18.1 Å². The molecule has 1 atom stereocenters. The molecule has 156 valence electrons. The van der Waals surface area contributed by atoms with Gasteiger partial charge in [0, 0.05) is 41.5 Å². The van der Waals surface area contributed by atoms with Crippen LogP contribution in [0.3, 0.4) is 0 Å². The van der Waals surface area contributed by atoms with Crippen LogP contribution in [-0.2, 0) is 11.3 Å². The van der Waals surface area contributed by atoms with Gasteiger partial charge in [0.2, 0.25) is 5.91 Å². The molecule has 1 unspecified atom stereocenters. The minimum Gasteiger partial charge on any atom is -0.325 e. The van der Waals surface area contributed by atoms with Crippen molar-refractivity contribution >= 4 is 29.3 Å². The maximum absolute atomic E-state index is 14.1. The van der Waals surface area contributed by atoms with Gasteiger partial charge < -0.3 is 4.90 Å². The number of nitrogens with zero attached hydrogens (tertiary/aromatic N) is 2. The molecule has 29 heavy (non-hydrogen) atoms. The Bertz CT molecular complexity index is 844. The highest BCUT2D eigenvalue weighted by Gasteiger charge is 2.32. The molecule has 3 rings (SSSR count). The van der Waals surface area contributed by atoms with Crippen LogP contribution in [0.2, 0.25) is 5.02 Å². The maximum atomic E-state index is 14.1. The van der Waals surface area contributed by atoms with Crippen molar-refractivity contribution in [3.05, 3.63) is 70.2 Å². The van der Waals surface area contributed by atoms with Crippen LogP contribution in [0.4, 0.5) is 8.78 Å². The number of hydrogen-bond acceptors (Lipinski definition) is 3. The Morgan fingerprint density at radius 2 is 1.90 bits per heavy atom. The van der Waals surface area contributed by atoms with Crippen LogP contribution in [0.25, 0.3) is 0 Å². The summed E-state index contributed by atoms with van der Waals surface area (Å²) in [5, 5.41) is 0.500. The van der Waals surface area contributed by atoms with E-state index in [4.69, 9.17) is 11.6 Å². The molecular weight excluding hydrogens is 414 g/mol. The molecule has 0 aliphatic carbocycles. The average molecular weight is 439 g/mol. The first-order chi connectivity index (χ1) is 13.9. The lowest BCUT2D eigenvalue weighted by atomic mass is 10.1. The van der Waals surface area contributed by atoms with Crippen molar-refractivity contribution in [3.63, 3.8) is 0 Å². The Kier molecular flexibility index (Phi) is 7.55. The van der Waals surface area contributed by atoms with E-state index >= 15 is 0 Å². The number of halogens is 3. The molecule has 2 aromatic rings. The fourth-order valence-electron chi connectivity index (χ4n) is 3.55. The van der Waals surface area contributed by atoms with E-state index in [1.807, 2.05) is 47.9 Å². The fraction of sp³-hybridized carbons (Fsp3) is 0.409. The van der Waals surface area contributed by atoms with Crippen molar-refractivity contribution in [2.75, 3.05) is 25.4 Å². The van der Waals surface area contributed by atoms with Crippen LogP contribution in [0.5, 0.6) is 0 Å². The smallest absolute Gasteiger partial charge is 0.237 e. The molecule has 0 spiro atoms. The average Bonchev–Trinajstić information content (AvgIpc) is 3.14. The zero-order valence-electron chi connectivity index (χ0n) is 16.6. The zero-order valence-corrected chi connectivity index (χ0v) is 18.1. The number of rotatable bonds is 7. The second kappa shape index (κ2) is 9.92. The first-order valence-electron chi connectivity index (χ1n) is 9.67. The van der Waals surface area contributed by atoms with Crippen LogP contribution >= 0.6 is 23.4 Å². The largest absolute Gasteiger partial charge is 0.325 e. The normalized spacial score (nSPS) is 16.8. The van der Waals surface area contributed by atoms with Gasteiger partial charge in [0.25, 0.3) is 0 Å². The van der Waals surface area contributed by atoms with Gasteiger partial charge in [-0.15, -0.1) is 11.8 Å². The molecular formula is C22H25ClF2N2OS. The van der Waals surface area contributed by atoms with Crippen LogP contribution in [-0.4, -0.2) is 41.1 Å². The highest BCUT2D eigenvalue weighted by atomic mass is 35.5. The topological polar surface area (TPSA) is 23.6 Å². The van der Waals surface area contributed by atoms with Crippen molar-refractivity contribution in [2.45, 2.75) is 25.8 Å². The third-order valence-corrected chi connectivity index (χ3v) is 6.39. The molecule has 7 heteroatoms. The van der Waals surface area contributed by atoms with Crippen LogP contribution in [0.15, 0.2) is 42.5 Å². The summed E-state index contributed by atoms with van der Waals surface area (Å²) < 4.78 is 28.3. The van der Waals surface area contributed by atoms with Gasteiger partial charge in [-0.3, -0.25) is 9.69 Å².